The minimum absolute atomic E-state index is 0.430. The first-order valence-corrected chi connectivity index (χ1v) is 8.04. The highest BCUT2D eigenvalue weighted by atomic mass is 32.1. The van der Waals surface area contributed by atoms with E-state index in [-0.39, 0.29) is 0 Å². The van der Waals surface area contributed by atoms with Crippen molar-refractivity contribution >= 4 is 22.4 Å². The molecule has 1 unspecified atom stereocenters. The van der Waals surface area contributed by atoms with Gasteiger partial charge in [-0.3, -0.25) is 15.1 Å². The number of hydrogen-bond donors (Lipinski definition) is 2. The van der Waals surface area contributed by atoms with E-state index in [1.54, 1.807) is 43.8 Å². The van der Waals surface area contributed by atoms with Gasteiger partial charge < -0.3 is 9.84 Å². The summed E-state index contributed by atoms with van der Waals surface area (Å²) in [5, 5.41) is 15.1. The number of amides is 1. The molecule has 0 bridgehead atoms. The summed E-state index contributed by atoms with van der Waals surface area (Å²) in [6.07, 6.45) is 2.09. The van der Waals surface area contributed by atoms with Crippen molar-refractivity contribution in [3.8, 4) is 17.0 Å². The Hall–Kier alpha value is -2.77. The molecule has 3 rings (SSSR count). The highest BCUT2D eigenvalue weighted by Crippen LogP contribution is 2.25. The number of anilines is 1. The van der Waals surface area contributed by atoms with E-state index in [0.717, 1.165) is 11.3 Å². The topological polar surface area (TPSA) is 84.3 Å². The molecular weight excluding hydrogens is 326 g/mol. The third kappa shape index (κ3) is 3.58. The third-order valence-corrected chi connectivity index (χ3v) is 4.15. The predicted molar refractivity (Wildman–Crippen MR) is 91.9 cm³/mol. The minimum Gasteiger partial charge on any atom is -0.497 e. The number of hydrogen-bond acceptors (Lipinski definition) is 6. The maximum atomic E-state index is 12.2. The molecule has 0 aliphatic rings. The number of thiazole rings is 1. The van der Waals surface area contributed by atoms with Crippen molar-refractivity contribution in [1.29, 1.82) is 0 Å². The van der Waals surface area contributed by atoms with Gasteiger partial charge in [-0.05, 0) is 29.8 Å². The predicted octanol–water partition coefficient (Wildman–Crippen LogP) is 2.89. The number of rotatable bonds is 5. The average Bonchev–Trinajstić information content (AvgIpc) is 3.10. The van der Waals surface area contributed by atoms with Gasteiger partial charge in [0.05, 0.1) is 12.8 Å². The number of nitrogens with one attached hydrogen (secondary N) is 1. The van der Waals surface area contributed by atoms with Crippen molar-refractivity contribution in [3.63, 3.8) is 0 Å². The average molecular weight is 341 g/mol. The van der Waals surface area contributed by atoms with E-state index in [1.165, 1.54) is 11.3 Å². The second-order valence-corrected chi connectivity index (χ2v) is 5.80. The van der Waals surface area contributed by atoms with E-state index >= 15 is 0 Å². The minimum atomic E-state index is -1.27. The van der Waals surface area contributed by atoms with Crippen LogP contribution in [0.1, 0.15) is 11.7 Å². The zero-order valence-electron chi connectivity index (χ0n) is 12.8. The Bertz CT molecular complexity index is 819. The van der Waals surface area contributed by atoms with Gasteiger partial charge in [-0.15, -0.1) is 11.3 Å². The smallest absolute Gasteiger partial charge is 0.259 e. The number of carbonyl (C=O) groups is 1. The lowest BCUT2D eigenvalue weighted by molar-refractivity contribution is -0.124. The summed E-state index contributed by atoms with van der Waals surface area (Å²) in [5.74, 6) is 0.129. The number of aliphatic hydroxyl groups excluding tert-OH is 1. The van der Waals surface area contributed by atoms with Gasteiger partial charge in [0.25, 0.3) is 5.91 Å². The molecule has 0 aliphatic heterocycles. The van der Waals surface area contributed by atoms with Crippen molar-refractivity contribution in [2.45, 2.75) is 6.10 Å². The van der Waals surface area contributed by atoms with Crippen molar-refractivity contribution in [2.24, 2.45) is 0 Å². The largest absolute Gasteiger partial charge is 0.497 e. The first kappa shape index (κ1) is 16.1. The number of methoxy groups -OCH3 is 1. The number of benzene rings is 1. The molecule has 24 heavy (non-hydrogen) atoms. The van der Waals surface area contributed by atoms with Crippen LogP contribution in [0.2, 0.25) is 0 Å². The molecule has 3 aromatic rings. The molecule has 2 N–H and O–H groups in total. The summed E-state index contributed by atoms with van der Waals surface area (Å²) < 4.78 is 5.05. The van der Waals surface area contributed by atoms with Gasteiger partial charge in [0.2, 0.25) is 0 Å². The molecule has 1 amide bonds. The third-order valence-electron chi connectivity index (χ3n) is 3.39. The van der Waals surface area contributed by atoms with Crippen LogP contribution in [0.15, 0.2) is 54.2 Å². The second-order valence-electron chi connectivity index (χ2n) is 4.94. The maximum Gasteiger partial charge on any atom is 0.259 e. The molecule has 1 aromatic carbocycles. The number of pyridine rings is 1. The SMILES string of the molecule is COc1ccc(C(O)C(=O)Nc2nc(-c3ccncc3)cs2)cc1. The molecule has 0 saturated heterocycles. The Kier molecular flexibility index (Phi) is 4.83. The van der Waals surface area contributed by atoms with Crippen LogP contribution in [0.3, 0.4) is 0 Å². The molecule has 0 fully saturated rings. The number of aromatic nitrogens is 2. The van der Waals surface area contributed by atoms with Gasteiger partial charge in [0.1, 0.15) is 5.75 Å². The Labute approximate surface area is 142 Å². The summed E-state index contributed by atoms with van der Waals surface area (Å²) >= 11 is 1.30. The van der Waals surface area contributed by atoms with Gasteiger partial charge in [0.15, 0.2) is 11.2 Å². The lowest BCUT2D eigenvalue weighted by Crippen LogP contribution is -2.20. The molecule has 1 atom stereocenters. The molecule has 6 nitrogen and oxygen atoms in total. The van der Waals surface area contributed by atoms with E-state index in [0.29, 0.717) is 16.4 Å². The second kappa shape index (κ2) is 7.20. The summed E-state index contributed by atoms with van der Waals surface area (Å²) in [5.41, 5.74) is 2.15. The highest BCUT2D eigenvalue weighted by Gasteiger charge is 2.19. The summed E-state index contributed by atoms with van der Waals surface area (Å²) in [4.78, 5) is 20.5. The molecular formula is C17H15N3O3S. The van der Waals surface area contributed by atoms with E-state index in [1.807, 2.05) is 17.5 Å². The van der Waals surface area contributed by atoms with Crippen LogP contribution < -0.4 is 10.1 Å². The molecule has 0 spiro atoms. The highest BCUT2D eigenvalue weighted by molar-refractivity contribution is 7.14. The van der Waals surface area contributed by atoms with Crippen LogP contribution in [0, 0.1) is 0 Å². The Morgan fingerprint density at radius 3 is 2.58 bits per heavy atom. The summed E-state index contributed by atoms with van der Waals surface area (Å²) in [7, 11) is 1.56. The quantitative estimate of drug-likeness (QED) is 0.745. The molecule has 7 heteroatoms. The molecule has 122 valence electrons. The van der Waals surface area contributed by atoms with E-state index < -0.39 is 12.0 Å². The molecule has 0 saturated carbocycles. The summed E-state index contributed by atoms with van der Waals surface area (Å²) in [6.45, 7) is 0. The van der Waals surface area contributed by atoms with Crippen molar-refractivity contribution in [3.05, 3.63) is 59.7 Å². The number of aliphatic hydroxyl groups is 1. The van der Waals surface area contributed by atoms with Gasteiger partial charge in [0, 0.05) is 23.3 Å². The molecule has 0 aliphatic carbocycles. The number of carbonyl (C=O) groups excluding carboxylic acids is 1. The normalized spacial score (nSPS) is 11.8. The Balaban J connectivity index is 1.69. The van der Waals surface area contributed by atoms with Crippen LogP contribution >= 0.6 is 11.3 Å². The fraction of sp³-hybridized carbons (Fsp3) is 0.118. The zero-order valence-corrected chi connectivity index (χ0v) is 13.7. The standard InChI is InChI=1S/C17H15N3O3S/c1-23-13-4-2-12(3-5-13)15(21)16(22)20-17-19-14(10-24-17)11-6-8-18-9-7-11/h2-10,15,21H,1H3,(H,19,20,22). The zero-order chi connectivity index (χ0) is 16.9. The van der Waals surface area contributed by atoms with Gasteiger partial charge in [-0.25, -0.2) is 4.98 Å². The van der Waals surface area contributed by atoms with E-state index in [9.17, 15) is 9.90 Å². The lowest BCUT2D eigenvalue weighted by Gasteiger charge is -2.10. The maximum absolute atomic E-state index is 12.2. The van der Waals surface area contributed by atoms with Crippen LogP contribution in [-0.2, 0) is 4.79 Å². The number of nitrogens with zero attached hydrogens (tertiary/aromatic N) is 2. The van der Waals surface area contributed by atoms with Crippen LogP contribution in [0.5, 0.6) is 5.75 Å². The Morgan fingerprint density at radius 2 is 1.92 bits per heavy atom. The first-order chi connectivity index (χ1) is 11.7. The Morgan fingerprint density at radius 1 is 1.21 bits per heavy atom. The molecule has 2 heterocycles. The van der Waals surface area contributed by atoms with Crippen molar-refractivity contribution in [2.75, 3.05) is 12.4 Å². The summed E-state index contributed by atoms with van der Waals surface area (Å²) in [6, 6.07) is 10.4. The fourth-order valence-electron chi connectivity index (χ4n) is 2.10. The molecule has 0 radical (unpaired) electrons. The monoisotopic (exact) mass is 341 g/mol. The fourth-order valence-corrected chi connectivity index (χ4v) is 2.82. The van der Waals surface area contributed by atoms with Crippen LogP contribution in [-0.4, -0.2) is 28.1 Å². The van der Waals surface area contributed by atoms with Crippen molar-refractivity contribution < 1.29 is 14.6 Å². The van der Waals surface area contributed by atoms with Crippen molar-refractivity contribution in [1.82, 2.24) is 9.97 Å². The lowest BCUT2D eigenvalue weighted by atomic mass is 10.1. The molecule has 2 aromatic heterocycles. The first-order valence-electron chi connectivity index (χ1n) is 7.16. The van der Waals surface area contributed by atoms with Gasteiger partial charge in [-0.1, -0.05) is 12.1 Å². The van der Waals surface area contributed by atoms with E-state index in [2.05, 4.69) is 15.3 Å². The van der Waals surface area contributed by atoms with E-state index in [4.69, 9.17) is 4.74 Å². The van der Waals surface area contributed by atoms with Gasteiger partial charge in [-0.2, -0.15) is 0 Å². The van der Waals surface area contributed by atoms with Gasteiger partial charge >= 0.3 is 0 Å². The van der Waals surface area contributed by atoms with Crippen LogP contribution in [0.25, 0.3) is 11.3 Å². The number of ether oxygens (including phenoxy) is 1. The van der Waals surface area contributed by atoms with Crippen LogP contribution in [0.4, 0.5) is 5.13 Å².